The van der Waals surface area contributed by atoms with Crippen LogP contribution in [0.15, 0.2) is 0 Å². The minimum atomic E-state index is -0.926. The van der Waals surface area contributed by atoms with E-state index in [0.29, 0.717) is 0 Å². The Morgan fingerprint density at radius 1 is 1.50 bits per heavy atom. The quantitative estimate of drug-likeness (QED) is 0.246. The van der Waals surface area contributed by atoms with Crippen LogP contribution in [0.5, 0.6) is 0 Å². The molecule has 28 valence electrons. The van der Waals surface area contributed by atoms with Gasteiger partial charge in [-0.3, -0.25) is 10.3 Å². The zero-order valence-corrected chi connectivity index (χ0v) is 3.84. The first kappa shape index (κ1) is 4.62. The van der Waals surface area contributed by atoms with Gasteiger partial charge in [-0.1, -0.05) is 0 Å². The molecule has 4 heteroatoms. The fourth-order valence-electron chi connectivity index (χ4n) is 0. The Labute approximate surface area is 33.0 Å². The Morgan fingerprint density at radius 2 is 1.50 bits per heavy atom. The molecule has 0 atom stereocenters. The third-order valence-electron chi connectivity index (χ3n) is 0. The van der Waals surface area contributed by atoms with Crippen molar-refractivity contribution in [1.29, 1.82) is 0 Å². The summed E-state index contributed by atoms with van der Waals surface area (Å²) in [7, 11) is -0.926. The van der Waals surface area contributed by atoms with Crippen molar-refractivity contribution in [2.24, 2.45) is 10.3 Å². The summed E-state index contributed by atoms with van der Waals surface area (Å²) >= 11 is 3.59. The molecule has 0 aromatic heterocycles. The largest absolute Gasteiger partial charge is 0.278 e. The van der Waals surface area contributed by atoms with E-state index in [1.54, 1.807) is 0 Å². The summed E-state index contributed by atoms with van der Waals surface area (Å²) in [5.41, 5.74) is 0. The van der Waals surface area contributed by atoms with Gasteiger partial charge in [0.1, 0.15) is 0 Å². The lowest BCUT2D eigenvalue weighted by molar-refractivity contribution is 1.90. The second kappa shape index (κ2) is 1.90. The molecule has 0 aliphatic rings. The van der Waals surface area contributed by atoms with Gasteiger partial charge in [0.2, 0.25) is 0 Å². The lowest BCUT2D eigenvalue weighted by Gasteiger charge is -1.90. The highest BCUT2D eigenvalue weighted by molar-refractivity contribution is 8.76. The van der Waals surface area contributed by atoms with Gasteiger partial charge in [0.15, 0.2) is 0 Å². The first-order valence-corrected chi connectivity index (χ1v) is 3.35. The molecule has 0 unspecified atom stereocenters. The maximum absolute atomic E-state index is 4.82. The van der Waals surface area contributed by atoms with Gasteiger partial charge in [-0.2, -0.15) is 0 Å². The van der Waals surface area contributed by atoms with E-state index in [2.05, 4.69) is 11.7 Å². The van der Waals surface area contributed by atoms with E-state index in [-0.39, 0.29) is 0 Å². The van der Waals surface area contributed by atoms with Crippen LogP contribution in [0.1, 0.15) is 0 Å². The van der Waals surface area contributed by atoms with E-state index < -0.39 is 10.3 Å². The maximum atomic E-state index is 4.82. The Bertz CT molecular complexity index is 8.75. The third kappa shape index (κ3) is 17.9. The predicted molar refractivity (Wildman–Crippen MR) is 26.3 cm³/mol. The first-order chi connectivity index (χ1) is 1.73. The summed E-state index contributed by atoms with van der Waals surface area (Å²) in [6.45, 7) is 0. The minimum Gasteiger partial charge on any atom is -0.278 e. The molecule has 0 saturated heterocycles. The maximum Gasteiger partial charge on any atom is -0.105 e. The molecule has 0 aromatic carbocycles. The van der Waals surface area contributed by atoms with Crippen LogP contribution < -0.4 is 10.3 Å². The van der Waals surface area contributed by atoms with Gasteiger partial charge in [0.05, 0.1) is 0 Å². The average Bonchev–Trinajstić information content (AvgIpc) is 0.811. The van der Waals surface area contributed by atoms with Crippen LogP contribution in [0.25, 0.3) is 0 Å². The zero-order chi connectivity index (χ0) is 3.58. The van der Waals surface area contributed by atoms with Gasteiger partial charge < -0.3 is 0 Å². The van der Waals surface area contributed by atoms with E-state index >= 15 is 0 Å². The molecule has 0 saturated carbocycles. The number of thiol groups is 2. The van der Waals surface area contributed by atoms with Crippen molar-refractivity contribution in [1.82, 2.24) is 0 Å². The Hall–Kier alpha value is 0.620. The molecular formula is H6N2S2. The molecular weight excluding hydrogens is 92.1 g/mol. The molecule has 0 radical (unpaired) electrons. The summed E-state index contributed by atoms with van der Waals surface area (Å²) in [5, 5.41) is 9.64. The van der Waals surface area contributed by atoms with Crippen LogP contribution in [-0.2, 0) is 0 Å². The van der Waals surface area contributed by atoms with Gasteiger partial charge >= 0.3 is 0 Å². The Balaban J connectivity index is 2.32. The van der Waals surface area contributed by atoms with Crippen molar-refractivity contribution >= 4 is 22.0 Å². The van der Waals surface area contributed by atoms with E-state index in [4.69, 9.17) is 10.3 Å². The molecule has 0 amide bonds. The second-order valence-corrected chi connectivity index (χ2v) is 2.53. The highest BCUT2D eigenvalue weighted by Gasteiger charge is 1.57. The van der Waals surface area contributed by atoms with Crippen LogP contribution >= 0.6 is 22.0 Å². The predicted octanol–water partition coefficient (Wildman–Crippen LogP) is -0.420. The van der Waals surface area contributed by atoms with Crippen LogP contribution in [0, 0.1) is 0 Å². The summed E-state index contributed by atoms with van der Waals surface area (Å²) in [5.74, 6) is 0. The van der Waals surface area contributed by atoms with E-state index in [1.165, 1.54) is 0 Å². The zero-order valence-electron chi connectivity index (χ0n) is 2.05. The van der Waals surface area contributed by atoms with Gasteiger partial charge in [0.25, 0.3) is 0 Å². The van der Waals surface area contributed by atoms with Crippen LogP contribution in [-0.4, -0.2) is 0 Å². The molecule has 0 rings (SSSR count). The SMILES string of the molecule is N[SH](N)S. The summed E-state index contributed by atoms with van der Waals surface area (Å²) in [4.78, 5) is 0. The van der Waals surface area contributed by atoms with E-state index in [9.17, 15) is 0 Å². The molecule has 4 heavy (non-hydrogen) atoms. The summed E-state index contributed by atoms with van der Waals surface area (Å²) < 4.78 is 0. The summed E-state index contributed by atoms with van der Waals surface area (Å²) in [6.07, 6.45) is 0. The monoisotopic (exact) mass is 98.0 g/mol. The van der Waals surface area contributed by atoms with Crippen molar-refractivity contribution in [3.05, 3.63) is 0 Å². The van der Waals surface area contributed by atoms with Crippen molar-refractivity contribution in [2.75, 3.05) is 0 Å². The minimum absolute atomic E-state index is 0.926. The Morgan fingerprint density at radius 3 is 1.50 bits per heavy atom. The number of nitrogens with two attached hydrogens (primary N) is 2. The molecule has 0 aromatic rings. The molecule has 0 heterocycles. The van der Waals surface area contributed by atoms with Crippen LogP contribution in [0.2, 0.25) is 0 Å². The normalized spacial score (nSPS) is 11.2. The third-order valence-corrected chi connectivity index (χ3v) is 0. The highest BCUT2D eigenvalue weighted by atomic mass is 33.1. The molecule has 0 aliphatic heterocycles. The van der Waals surface area contributed by atoms with Crippen molar-refractivity contribution in [3.8, 4) is 0 Å². The second-order valence-electron chi connectivity index (χ2n) is 0.380. The molecule has 0 aliphatic carbocycles. The number of hydrogen-bond acceptors (Lipinski definition) is 3. The summed E-state index contributed by atoms with van der Waals surface area (Å²) in [6, 6.07) is 0. The van der Waals surface area contributed by atoms with Crippen LogP contribution in [0.4, 0.5) is 0 Å². The Kier molecular flexibility index (Phi) is 2.19. The molecule has 0 bridgehead atoms. The lowest BCUT2D eigenvalue weighted by Crippen LogP contribution is -1.93. The topological polar surface area (TPSA) is 52.0 Å². The molecule has 0 fully saturated rings. The van der Waals surface area contributed by atoms with Gasteiger partial charge in [-0.05, 0) is 0 Å². The highest BCUT2D eigenvalue weighted by Crippen LogP contribution is 2.03. The molecule has 4 N–H and O–H groups in total. The van der Waals surface area contributed by atoms with Gasteiger partial charge in [-0.15, -0.1) is 22.0 Å². The first-order valence-electron chi connectivity index (χ1n) is 0.716. The van der Waals surface area contributed by atoms with Gasteiger partial charge in [-0.25, -0.2) is 0 Å². The molecule has 0 spiro atoms. The average molecular weight is 98.2 g/mol. The smallest absolute Gasteiger partial charge is 0.105 e. The van der Waals surface area contributed by atoms with Crippen molar-refractivity contribution in [2.45, 2.75) is 0 Å². The number of rotatable bonds is 0. The van der Waals surface area contributed by atoms with Crippen molar-refractivity contribution < 1.29 is 0 Å². The standard InChI is InChI=1S/H6N2S2/c1-4(2)3/h3-4H,1-2H2. The fourth-order valence-corrected chi connectivity index (χ4v) is 0. The van der Waals surface area contributed by atoms with E-state index in [1.807, 2.05) is 0 Å². The lowest BCUT2D eigenvalue weighted by atomic mass is 13.9. The van der Waals surface area contributed by atoms with Gasteiger partial charge in [0, 0.05) is 0 Å². The molecule has 2 nitrogen and oxygen atoms in total. The number of hydrogen-bond donors (Lipinski definition) is 4. The van der Waals surface area contributed by atoms with E-state index in [0.717, 1.165) is 0 Å². The fraction of sp³-hybridized carbons (Fsp3) is 0. The van der Waals surface area contributed by atoms with Crippen LogP contribution in [0.3, 0.4) is 0 Å². The van der Waals surface area contributed by atoms with Crippen molar-refractivity contribution in [3.63, 3.8) is 0 Å².